The van der Waals surface area contributed by atoms with Gasteiger partial charge in [-0.15, -0.1) is 0 Å². The molecule has 5 heteroatoms. The molecule has 1 heterocycles. The highest BCUT2D eigenvalue weighted by atomic mass is 16.6. The molecule has 3 rings (SSSR count). The van der Waals surface area contributed by atoms with Gasteiger partial charge < -0.3 is 19.5 Å². The number of piperidine rings is 1. The molecule has 1 N–H and O–H groups in total. The second-order valence-corrected chi connectivity index (χ2v) is 6.91. The number of nitrogens with one attached hydrogen (secondary N) is 1. The maximum atomic E-state index is 12.8. The van der Waals surface area contributed by atoms with E-state index in [0.29, 0.717) is 24.7 Å². The van der Waals surface area contributed by atoms with Crippen molar-refractivity contribution in [3.05, 3.63) is 59.7 Å². The summed E-state index contributed by atoms with van der Waals surface area (Å²) in [7, 11) is 0. The summed E-state index contributed by atoms with van der Waals surface area (Å²) in [6.07, 6.45) is 1.75. The number of ether oxygens (including phenoxy) is 3. The predicted molar refractivity (Wildman–Crippen MR) is 109 cm³/mol. The second-order valence-electron chi connectivity index (χ2n) is 6.91. The first-order chi connectivity index (χ1) is 13.7. The molecule has 0 bridgehead atoms. The minimum absolute atomic E-state index is 0.203. The van der Waals surface area contributed by atoms with Gasteiger partial charge in [-0.1, -0.05) is 36.4 Å². The van der Waals surface area contributed by atoms with Gasteiger partial charge in [-0.25, -0.2) is 0 Å². The fourth-order valence-electron chi connectivity index (χ4n) is 3.65. The molecular weight excluding hydrogens is 354 g/mol. The standard InChI is InChI=1S/C23H29NO4/c1-3-26-20-11-10-18(16-21(20)27-4-2)17-22(25)28-23(12-14-24-15-13-23)19-8-6-5-7-9-19/h5-11,16,24H,3-4,12-15,17H2,1-2H3. The lowest BCUT2D eigenvalue weighted by molar-refractivity contribution is -0.163. The number of rotatable bonds is 8. The Morgan fingerprint density at radius 3 is 2.32 bits per heavy atom. The van der Waals surface area contributed by atoms with E-state index in [0.717, 1.165) is 37.1 Å². The molecule has 28 heavy (non-hydrogen) atoms. The molecule has 0 spiro atoms. The van der Waals surface area contributed by atoms with E-state index in [1.54, 1.807) is 0 Å². The van der Waals surface area contributed by atoms with Gasteiger partial charge in [0.15, 0.2) is 11.5 Å². The summed E-state index contributed by atoms with van der Waals surface area (Å²) < 4.78 is 17.4. The summed E-state index contributed by atoms with van der Waals surface area (Å²) in [4.78, 5) is 12.8. The van der Waals surface area contributed by atoms with Gasteiger partial charge in [0.05, 0.1) is 19.6 Å². The summed E-state index contributed by atoms with van der Waals surface area (Å²) in [6.45, 7) is 6.63. The molecule has 150 valence electrons. The number of carbonyl (C=O) groups is 1. The Kier molecular flexibility index (Phi) is 6.93. The Morgan fingerprint density at radius 2 is 1.64 bits per heavy atom. The zero-order valence-corrected chi connectivity index (χ0v) is 16.7. The van der Waals surface area contributed by atoms with Crippen molar-refractivity contribution in [3.8, 4) is 11.5 Å². The van der Waals surface area contributed by atoms with Crippen LogP contribution >= 0.6 is 0 Å². The largest absolute Gasteiger partial charge is 0.490 e. The van der Waals surface area contributed by atoms with E-state index in [9.17, 15) is 4.79 Å². The monoisotopic (exact) mass is 383 g/mol. The maximum Gasteiger partial charge on any atom is 0.311 e. The summed E-state index contributed by atoms with van der Waals surface area (Å²) in [5.41, 5.74) is 1.36. The van der Waals surface area contributed by atoms with Crippen LogP contribution in [0, 0.1) is 0 Å². The Morgan fingerprint density at radius 1 is 0.964 bits per heavy atom. The van der Waals surface area contributed by atoms with Gasteiger partial charge in [-0.3, -0.25) is 4.79 Å². The Balaban J connectivity index is 1.75. The van der Waals surface area contributed by atoms with Crippen LogP contribution in [0.2, 0.25) is 0 Å². The highest BCUT2D eigenvalue weighted by Crippen LogP contribution is 2.35. The molecule has 1 saturated heterocycles. The molecule has 2 aromatic carbocycles. The SMILES string of the molecule is CCOc1ccc(CC(=O)OC2(c3ccccc3)CCNCC2)cc1OCC. The predicted octanol–water partition coefficient (Wildman–Crippen LogP) is 3.85. The van der Waals surface area contributed by atoms with Crippen LogP contribution in [0.25, 0.3) is 0 Å². The molecule has 0 atom stereocenters. The van der Waals surface area contributed by atoms with Crippen LogP contribution in [-0.4, -0.2) is 32.3 Å². The number of hydrogen-bond acceptors (Lipinski definition) is 5. The molecule has 1 fully saturated rings. The van der Waals surface area contributed by atoms with Crippen LogP contribution in [0.4, 0.5) is 0 Å². The minimum atomic E-state index is -0.558. The maximum absolute atomic E-state index is 12.8. The van der Waals surface area contributed by atoms with Crippen LogP contribution in [0.5, 0.6) is 11.5 Å². The van der Waals surface area contributed by atoms with Crippen LogP contribution in [-0.2, 0) is 21.6 Å². The first kappa shape index (κ1) is 20.2. The van der Waals surface area contributed by atoms with Crippen molar-refractivity contribution in [2.24, 2.45) is 0 Å². The highest BCUT2D eigenvalue weighted by molar-refractivity contribution is 5.73. The van der Waals surface area contributed by atoms with Gasteiger partial charge >= 0.3 is 5.97 Å². The fraction of sp³-hybridized carbons (Fsp3) is 0.435. The quantitative estimate of drug-likeness (QED) is 0.702. The van der Waals surface area contributed by atoms with Gasteiger partial charge in [0.25, 0.3) is 0 Å². The van der Waals surface area contributed by atoms with Crippen molar-refractivity contribution in [2.45, 2.75) is 38.7 Å². The van der Waals surface area contributed by atoms with Crippen molar-refractivity contribution >= 4 is 5.97 Å². The highest BCUT2D eigenvalue weighted by Gasteiger charge is 2.37. The average molecular weight is 383 g/mol. The third-order valence-electron chi connectivity index (χ3n) is 4.98. The second kappa shape index (κ2) is 9.60. The molecule has 0 aromatic heterocycles. The lowest BCUT2D eigenvalue weighted by Gasteiger charge is -2.37. The van der Waals surface area contributed by atoms with Crippen molar-refractivity contribution in [1.29, 1.82) is 0 Å². The molecule has 2 aromatic rings. The smallest absolute Gasteiger partial charge is 0.311 e. The van der Waals surface area contributed by atoms with E-state index in [2.05, 4.69) is 5.32 Å². The van der Waals surface area contributed by atoms with Gasteiger partial charge in [0, 0.05) is 12.8 Å². The number of benzene rings is 2. The Labute approximate surface area is 167 Å². The molecule has 0 amide bonds. The van der Waals surface area contributed by atoms with Crippen LogP contribution < -0.4 is 14.8 Å². The molecule has 0 radical (unpaired) electrons. The molecule has 0 unspecified atom stereocenters. The van der Waals surface area contributed by atoms with Gasteiger partial charge in [-0.2, -0.15) is 0 Å². The van der Waals surface area contributed by atoms with Gasteiger partial charge in [0.1, 0.15) is 5.60 Å². The van der Waals surface area contributed by atoms with Gasteiger partial charge in [0.2, 0.25) is 0 Å². The topological polar surface area (TPSA) is 56.8 Å². The zero-order valence-electron chi connectivity index (χ0n) is 16.7. The first-order valence-electron chi connectivity index (χ1n) is 10.0. The van der Waals surface area contributed by atoms with Gasteiger partial charge in [-0.05, 0) is 50.2 Å². The summed E-state index contributed by atoms with van der Waals surface area (Å²) >= 11 is 0. The number of carbonyl (C=O) groups excluding carboxylic acids is 1. The molecule has 1 aliphatic heterocycles. The lowest BCUT2D eigenvalue weighted by atomic mass is 9.84. The third kappa shape index (κ3) is 4.84. The summed E-state index contributed by atoms with van der Waals surface area (Å²) in [5.74, 6) is 1.13. The number of hydrogen-bond donors (Lipinski definition) is 1. The zero-order chi connectivity index (χ0) is 19.8. The van der Waals surface area contributed by atoms with Crippen LogP contribution in [0.1, 0.15) is 37.8 Å². The Hall–Kier alpha value is -2.53. The molecule has 0 saturated carbocycles. The third-order valence-corrected chi connectivity index (χ3v) is 4.98. The van der Waals surface area contributed by atoms with Crippen molar-refractivity contribution in [2.75, 3.05) is 26.3 Å². The average Bonchev–Trinajstić information content (AvgIpc) is 2.71. The molecule has 5 nitrogen and oxygen atoms in total. The number of esters is 1. The molecular formula is C23H29NO4. The van der Waals surface area contributed by atoms with E-state index >= 15 is 0 Å². The molecule has 0 aliphatic carbocycles. The molecule has 1 aliphatic rings. The van der Waals surface area contributed by atoms with E-state index in [1.165, 1.54) is 0 Å². The normalized spacial score (nSPS) is 15.6. The van der Waals surface area contributed by atoms with Crippen molar-refractivity contribution in [1.82, 2.24) is 5.32 Å². The van der Waals surface area contributed by atoms with E-state index in [4.69, 9.17) is 14.2 Å². The Bertz CT molecular complexity index is 769. The van der Waals surface area contributed by atoms with E-state index in [1.807, 2.05) is 62.4 Å². The summed E-state index contributed by atoms with van der Waals surface area (Å²) in [5, 5.41) is 3.35. The lowest BCUT2D eigenvalue weighted by Crippen LogP contribution is -2.43. The van der Waals surface area contributed by atoms with E-state index < -0.39 is 5.60 Å². The fourth-order valence-corrected chi connectivity index (χ4v) is 3.65. The van der Waals surface area contributed by atoms with E-state index in [-0.39, 0.29) is 12.4 Å². The van der Waals surface area contributed by atoms with Crippen molar-refractivity contribution in [3.63, 3.8) is 0 Å². The van der Waals surface area contributed by atoms with Crippen molar-refractivity contribution < 1.29 is 19.0 Å². The first-order valence-corrected chi connectivity index (χ1v) is 10.0. The van der Waals surface area contributed by atoms with Crippen LogP contribution in [0.15, 0.2) is 48.5 Å². The summed E-state index contributed by atoms with van der Waals surface area (Å²) in [6, 6.07) is 15.7. The minimum Gasteiger partial charge on any atom is -0.490 e. The van der Waals surface area contributed by atoms with Crippen LogP contribution in [0.3, 0.4) is 0 Å².